The van der Waals surface area contributed by atoms with E-state index in [-0.39, 0.29) is 11.9 Å². The highest BCUT2D eigenvalue weighted by Crippen LogP contribution is 2.37. The van der Waals surface area contributed by atoms with Crippen LogP contribution in [0.3, 0.4) is 0 Å². The molecule has 0 unspecified atom stereocenters. The van der Waals surface area contributed by atoms with Crippen molar-refractivity contribution in [3.05, 3.63) is 47.0 Å². The van der Waals surface area contributed by atoms with Crippen molar-refractivity contribution in [2.75, 3.05) is 0 Å². The molecule has 2 nitrogen and oxygen atoms in total. The monoisotopic (exact) mass is 261 g/mol. The average molecular weight is 262 g/mol. The molecule has 0 N–H and O–H groups in total. The second kappa shape index (κ2) is 4.77. The fraction of sp³-hybridized carbons (Fsp3) is 0.400. The second-order valence-corrected chi connectivity index (χ2v) is 5.44. The molecular formula is C15H16ClNO. The van der Waals surface area contributed by atoms with Gasteiger partial charge in [-0.1, -0.05) is 35.9 Å². The Bertz CT molecular complexity index is 480. The maximum atomic E-state index is 12.1. The molecule has 2 aliphatic rings. The molecule has 0 saturated carbocycles. The summed E-state index contributed by atoms with van der Waals surface area (Å²) in [6.07, 6.45) is 8.05. The fourth-order valence-electron chi connectivity index (χ4n) is 3.02. The summed E-state index contributed by atoms with van der Waals surface area (Å²) in [6.45, 7) is 0. The minimum absolute atomic E-state index is 0.221. The van der Waals surface area contributed by atoms with Gasteiger partial charge in [0.25, 0.3) is 0 Å². The van der Waals surface area contributed by atoms with E-state index >= 15 is 0 Å². The molecular weight excluding hydrogens is 246 g/mol. The number of hydrogen-bond acceptors (Lipinski definition) is 1. The number of hydrogen-bond donors (Lipinski definition) is 0. The first-order valence-corrected chi connectivity index (χ1v) is 6.87. The van der Waals surface area contributed by atoms with Crippen LogP contribution in [0, 0.1) is 0 Å². The Kier molecular flexibility index (Phi) is 3.13. The molecule has 94 valence electrons. The van der Waals surface area contributed by atoms with Gasteiger partial charge < -0.3 is 4.90 Å². The van der Waals surface area contributed by atoms with Crippen LogP contribution in [-0.4, -0.2) is 16.8 Å². The van der Waals surface area contributed by atoms with Gasteiger partial charge in [-0.05, 0) is 37.0 Å². The van der Waals surface area contributed by atoms with Crippen molar-refractivity contribution in [3.63, 3.8) is 0 Å². The Morgan fingerprint density at radius 3 is 2.72 bits per heavy atom. The maximum Gasteiger partial charge on any atom is 0.227 e. The van der Waals surface area contributed by atoms with Crippen LogP contribution < -0.4 is 0 Å². The van der Waals surface area contributed by atoms with E-state index in [1.54, 1.807) is 0 Å². The molecule has 0 bridgehead atoms. The molecule has 2 heterocycles. The number of rotatable bonds is 1. The van der Waals surface area contributed by atoms with Gasteiger partial charge in [0, 0.05) is 11.4 Å². The lowest BCUT2D eigenvalue weighted by atomic mass is 9.88. The van der Waals surface area contributed by atoms with Crippen LogP contribution in [0.15, 0.2) is 36.4 Å². The van der Waals surface area contributed by atoms with Crippen LogP contribution >= 0.6 is 11.6 Å². The summed E-state index contributed by atoms with van der Waals surface area (Å²) < 4.78 is 0. The first-order chi connectivity index (χ1) is 8.75. The van der Waals surface area contributed by atoms with Crippen molar-refractivity contribution < 1.29 is 4.79 Å². The molecule has 1 saturated heterocycles. The third kappa shape index (κ3) is 2.05. The number of amides is 1. The molecule has 1 fully saturated rings. The molecule has 0 spiro atoms. The number of halogens is 1. The Hall–Kier alpha value is -1.28. The van der Waals surface area contributed by atoms with E-state index in [4.69, 9.17) is 11.6 Å². The van der Waals surface area contributed by atoms with Gasteiger partial charge in [-0.3, -0.25) is 4.79 Å². The van der Waals surface area contributed by atoms with E-state index in [0.29, 0.717) is 12.5 Å². The number of nitrogens with zero attached hydrogens (tertiary/aromatic N) is 1. The minimum atomic E-state index is 0.221. The van der Waals surface area contributed by atoms with Gasteiger partial charge >= 0.3 is 0 Å². The van der Waals surface area contributed by atoms with Crippen molar-refractivity contribution in [1.82, 2.24) is 4.90 Å². The SMILES string of the molecule is O=C1CC=C[C@H]2CCC[C@@H](c3ccc(Cl)cc3)N12. The zero-order valence-corrected chi connectivity index (χ0v) is 10.9. The quantitative estimate of drug-likeness (QED) is 0.706. The molecule has 3 rings (SSSR count). The van der Waals surface area contributed by atoms with E-state index in [2.05, 4.69) is 11.0 Å². The minimum Gasteiger partial charge on any atom is -0.329 e. The van der Waals surface area contributed by atoms with E-state index in [9.17, 15) is 4.79 Å². The number of carbonyl (C=O) groups is 1. The van der Waals surface area contributed by atoms with Crippen LogP contribution in [0.5, 0.6) is 0 Å². The lowest BCUT2D eigenvalue weighted by Crippen LogP contribution is -2.46. The molecule has 1 aromatic rings. The number of benzene rings is 1. The van der Waals surface area contributed by atoms with Crippen LogP contribution in [0.4, 0.5) is 0 Å². The van der Waals surface area contributed by atoms with E-state index < -0.39 is 0 Å². The first-order valence-electron chi connectivity index (χ1n) is 6.49. The lowest BCUT2D eigenvalue weighted by Gasteiger charge is -2.43. The summed E-state index contributed by atoms with van der Waals surface area (Å²) in [5.41, 5.74) is 1.20. The largest absolute Gasteiger partial charge is 0.329 e. The van der Waals surface area contributed by atoms with Gasteiger partial charge in [0.1, 0.15) is 0 Å². The summed E-state index contributed by atoms with van der Waals surface area (Å²) in [5.74, 6) is 0.252. The average Bonchev–Trinajstić information content (AvgIpc) is 2.39. The fourth-order valence-corrected chi connectivity index (χ4v) is 3.15. The molecule has 3 heteroatoms. The Morgan fingerprint density at radius 1 is 1.17 bits per heavy atom. The van der Waals surface area contributed by atoms with Crippen LogP contribution in [0.2, 0.25) is 5.02 Å². The first kappa shape index (κ1) is 11.8. The molecule has 1 aromatic carbocycles. The zero-order chi connectivity index (χ0) is 12.5. The molecule has 0 aliphatic carbocycles. The highest BCUT2D eigenvalue weighted by Gasteiger charge is 2.34. The van der Waals surface area contributed by atoms with Gasteiger partial charge in [-0.25, -0.2) is 0 Å². The normalized spacial score (nSPS) is 27.2. The van der Waals surface area contributed by atoms with Gasteiger partial charge in [0.15, 0.2) is 0 Å². The Balaban J connectivity index is 1.93. The van der Waals surface area contributed by atoms with Crippen molar-refractivity contribution in [3.8, 4) is 0 Å². The molecule has 2 aliphatic heterocycles. The highest BCUT2D eigenvalue weighted by atomic mass is 35.5. The zero-order valence-electron chi connectivity index (χ0n) is 10.2. The van der Waals surface area contributed by atoms with Crippen LogP contribution in [0.25, 0.3) is 0 Å². The number of carbonyl (C=O) groups excluding carboxylic acids is 1. The molecule has 0 radical (unpaired) electrons. The van der Waals surface area contributed by atoms with Crippen molar-refractivity contribution in [2.24, 2.45) is 0 Å². The van der Waals surface area contributed by atoms with Gasteiger partial charge in [-0.2, -0.15) is 0 Å². The van der Waals surface area contributed by atoms with Gasteiger partial charge in [-0.15, -0.1) is 0 Å². The molecule has 0 aromatic heterocycles. The molecule has 2 atom stereocenters. The summed E-state index contributed by atoms with van der Waals surface area (Å²) in [4.78, 5) is 14.2. The molecule has 1 amide bonds. The smallest absolute Gasteiger partial charge is 0.227 e. The van der Waals surface area contributed by atoms with Crippen molar-refractivity contribution >= 4 is 17.5 Å². The van der Waals surface area contributed by atoms with E-state index in [1.807, 2.05) is 30.3 Å². The van der Waals surface area contributed by atoms with E-state index in [0.717, 1.165) is 17.9 Å². The van der Waals surface area contributed by atoms with Crippen LogP contribution in [0.1, 0.15) is 37.3 Å². The second-order valence-electron chi connectivity index (χ2n) is 5.00. The van der Waals surface area contributed by atoms with Crippen LogP contribution in [-0.2, 0) is 4.79 Å². The topological polar surface area (TPSA) is 20.3 Å². The molecule has 18 heavy (non-hydrogen) atoms. The summed E-state index contributed by atoms with van der Waals surface area (Å²) >= 11 is 5.92. The summed E-state index contributed by atoms with van der Waals surface area (Å²) in [5, 5.41) is 0.746. The number of fused-ring (bicyclic) bond motifs is 1. The predicted octanol–water partition coefficient (Wildman–Crippen LogP) is 3.72. The third-order valence-corrected chi connectivity index (χ3v) is 4.12. The predicted molar refractivity (Wildman–Crippen MR) is 72.4 cm³/mol. The maximum absolute atomic E-state index is 12.1. The van der Waals surface area contributed by atoms with Crippen molar-refractivity contribution in [1.29, 1.82) is 0 Å². The standard InChI is InChI=1S/C15H16ClNO/c16-12-9-7-11(8-10-12)14-5-1-3-13-4-2-6-15(18)17(13)14/h2,4,7-10,13-14H,1,3,5-6H2/t13-,14+/m1/s1. The third-order valence-electron chi connectivity index (χ3n) is 3.86. The highest BCUT2D eigenvalue weighted by molar-refractivity contribution is 6.30. The summed E-state index contributed by atoms with van der Waals surface area (Å²) in [6, 6.07) is 8.41. The number of piperidine rings is 1. The lowest BCUT2D eigenvalue weighted by molar-refractivity contribution is -0.137. The Labute approximate surface area is 112 Å². The van der Waals surface area contributed by atoms with Gasteiger partial charge in [0.05, 0.1) is 12.1 Å². The van der Waals surface area contributed by atoms with Crippen molar-refractivity contribution in [2.45, 2.75) is 37.8 Å². The van der Waals surface area contributed by atoms with E-state index in [1.165, 1.54) is 12.0 Å². The summed E-state index contributed by atoms with van der Waals surface area (Å²) in [7, 11) is 0. The Morgan fingerprint density at radius 2 is 1.94 bits per heavy atom. The van der Waals surface area contributed by atoms with Gasteiger partial charge in [0.2, 0.25) is 5.91 Å².